The Morgan fingerprint density at radius 2 is 1.84 bits per heavy atom. The number of carboxylic acid groups (broad SMARTS) is 1. The number of ether oxygens (including phenoxy) is 3. The zero-order valence-corrected chi connectivity index (χ0v) is 21.6. The van der Waals surface area contributed by atoms with Gasteiger partial charge in [0.05, 0.1) is 18.3 Å². The summed E-state index contributed by atoms with van der Waals surface area (Å²) in [4.78, 5) is 31.2. The van der Waals surface area contributed by atoms with E-state index in [0.29, 0.717) is 36.7 Å². The van der Waals surface area contributed by atoms with Gasteiger partial charge in [-0.3, -0.25) is 9.59 Å². The highest BCUT2D eigenvalue weighted by Crippen LogP contribution is 2.32. The molecule has 0 spiro atoms. The number of carbonyl (C=O) groups excluding carboxylic acids is 1. The molecule has 2 aliphatic rings. The molecule has 0 aliphatic carbocycles. The minimum Gasteiger partial charge on any atom is -0.486 e. The van der Waals surface area contributed by atoms with Gasteiger partial charge < -0.3 is 29.5 Å². The fraction of sp³-hybridized carbons (Fsp3) is 0.414. The molecule has 1 aromatic heterocycles. The normalized spacial score (nSPS) is 15.8. The molecule has 1 amide bonds. The lowest BCUT2D eigenvalue weighted by molar-refractivity contribution is -0.137. The van der Waals surface area contributed by atoms with Crippen molar-refractivity contribution in [3.8, 4) is 17.4 Å². The lowest BCUT2D eigenvalue weighted by atomic mass is 9.95. The van der Waals surface area contributed by atoms with Gasteiger partial charge in [0.15, 0.2) is 11.5 Å². The van der Waals surface area contributed by atoms with Crippen LogP contribution in [-0.4, -0.2) is 66.8 Å². The van der Waals surface area contributed by atoms with E-state index in [2.05, 4.69) is 27.3 Å². The summed E-state index contributed by atoms with van der Waals surface area (Å²) in [6, 6.07) is 13.4. The number of aliphatic carboxylic acids is 1. The number of amides is 1. The van der Waals surface area contributed by atoms with Gasteiger partial charge in [-0.1, -0.05) is 12.1 Å². The molecule has 0 saturated carbocycles. The quantitative estimate of drug-likeness (QED) is 0.438. The van der Waals surface area contributed by atoms with E-state index in [1.54, 1.807) is 13.2 Å². The van der Waals surface area contributed by atoms with Gasteiger partial charge in [0.2, 0.25) is 11.8 Å². The molecule has 2 N–H and O–H groups in total. The van der Waals surface area contributed by atoms with Crippen molar-refractivity contribution < 1.29 is 28.9 Å². The van der Waals surface area contributed by atoms with Crippen LogP contribution in [0.25, 0.3) is 10.9 Å². The van der Waals surface area contributed by atoms with E-state index in [9.17, 15) is 9.59 Å². The Kier molecular flexibility index (Phi) is 7.93. The van der Waals surface area contributed by atoms with Gasteiger partial charge in [0.1, 0.15) is 13.2 Å². The third-order valence-electron chi connectivity index (χ3n) is 7.28. The van der Waals surface area contributed by atoms with Crippen molar-refractivity contribution in [2.75, 3.05) is 45.3 Å². The van der Waals surface area contributed by atoms with Crippen LogP contribution in [-0.2, 0) is 22.4 Å². The maximum Gasteiger partial charge on any atom is 0.303 e. The molecular formula is C29H33N3O6. The van der Waals surface area contributed by atoms with E-state index in [-0.39, 0.29) is 18.2 Å². The molecule has 0 bridgehead atoms. The molecule has 1 saturated heterocycles. The Balaban J connectivity index is 1.18. The van der Waals surface area contributed by atoms with Crippen molar-refractivity contribution in [3.63, 3.8) is 0 Å². The lowest BCUT2D eigenvalue weighted by Crippen LogP contribution is -2.39. The smallest absolute Gasteiger partial charge is 0.303 e. The maximum atomic E-state index is 13.2. The second kappa shape index (κ2) is 11.7. The monoisotopic (exact) mass is 519 g/mol. The number of nitrogens with zero attached hydrogens (tertiary/aromatic N) is 2. The van der Waals surface area contributed by atoms with E-state index < -0.39 is 5.97 Å². The Morgan fingerprint density at radius 3 is 2.61 bits per heavy atom. The van der Waals surface area contributed by atoms with Gasteiger partial charge >= 0.3 is 5.97 Å². The average Bonchev–Trinajstić information content (AvgIpc) is 2.95. The molecular weight excluding hydrogens is 486 g/mol. The van der Waals surface area contributed by atoms with Crippen LogP contribution in [0.4, 0.5) is 5.69 Å². The Labute approximate surface area is 221 Å². The first-order valence-corrected chi connectivity index (χ1v) is 13.1. The summed E-state index contributed by atoms with van der Waals surface area (Å²) in [7, 11) is 1.54. The summed E-state index contributed by atoms with van der Waals surface area (Å²) in [6.07, 6.45) is 2.91. The van der Waals surface area contributed by atoms with Crippen molar-refractivity contribution in [1.29, 1.82) is 0 Å². The largest absolute Gasteiger partial charge is 0.486 e. The van der Waals surface area contributed by atoms with Gasteiger partial charge in [0, 0.05) is 30.3 Å². The van der Waals surface area contributed by atoms with E-state index in [4.69, 9.17) is 19.3 Å². The molecule has 3 aromatic rings. The van der Waals surface area contributed by atoms with Crippen LogP contribution in [0.15, 0.2) is 42.5 Å². The number of benzene rings is 2. The van der Waals surface area contributed by atoms with Gasteiger partial charge in [-0.15, -0.1) is 0 Å². The number of nitrogens with one attached hydrogen (secondary N) is 1. The van der Waals surface area contributed by atoms with E-state index in [1.807, 2.05) is 24.3 Å². The van der Waals surface area contributed by atoms with Crippen molar-refractivity contribution in [1.82, 2.24) is 9.88 Å². The Hall–Kier alpha value is -3.85. The molecule has 38 heavy (non-hydrogen) atoms. The molecule has 9 nitrogen and oxygen atoms in total. The predicted molar refractivity (Wildman–Crippen MR) is 143 cm³/mol. The number of rotatable bonds is 9. The second-order valence-corrected chi connectivity index (χ2v) is 9.75. The van der Waals surface area contributed by atoms with E-state index in [0.717, 1.165) is 61.3 Å². The molecule has 9 heteroatoms. The third kappa shape index (κ3) is 5.99. The highest BCUT2D eigenvalue weighted by Gasteiger charge is 2.26. The van der Waals surface area contributed by atoms with Crippen LogP contribution < -0.4 is 19.5 Å². The van der Waals surface area contributed by atoms with Crippen molar-refractivity contribution in [2.45, 2.75) is 32.1 Å². The van der Waals surface area contributed by atoms with Crippen molar-refractivity contribution in [3.05, 3.63) is 53.6 Å². The molecule has 200 valence electrons. The molecule has 0 atom stereocenters. The van der Waals surface area contributed by atoms with Crippen LogP contribution in [0.3, 0.4) is 0 Å². The van der Waals surface area contributed by atoms with Gasteiger partial charge in [-0.05, 0) is 74.2 Å². The van der Waals surface area contributed by atoms with Crippen LogP contribution in [0.2, 0.25) is 0 Å². The number of carboxylic acids is 1. The number of methoxy groups -OCH3 is 1. The highest BCUT2D eigenvalue weighted by molar-refractivity contribution is 6.02. The summed E-state index contributed by atoms with van der Waals surface area (Å²) in [5.41, 5.74) is 3.32. The fourth-order valence-electron chi connectivity index (χ4n) is 5.12. The topological polar surface area (TPSA) is 110 Å². The number of aromatic nitrogens is 1. The molecule has 1 fully saturated rings. The number of anilines is 1. The van der Waals surface area contributed by atoms with Crippen molar-refractivity contribution in [2.24, 2.45) is 5.92 Å². The number of fused-ring (bicyclic) bond motifs is 2. The number of aryl methyl sites for hydroxylation is 1. The average molecular weight is 520 g/mol. The van der Waals surface area contributed by atoms with Gasteiger partial charge in [-0.2, -0.15) is 0 Å². The molecule has 2 aliphatic heterocycles. The number of piperidine rings is 1. The summed E-state index contributed by atoms with van der Waals surface area (Å²) < 4.78 is 16.6. The minimum atomic E-state index is -0.852. The Morgan fingerprint density at radius 1 is 1.05 bits per heavy atom. The number of likely N-dealkylation sites (tertiary alicyclic amines) is 1. The Bertz CT molecular complexity index is 1320. The zero-order chi connectivity index (χ0) is 26.5. The summed E-state index contributed by atoms with van der Waals surface area (Å²) in [5.74, 6) is 1.12. The van der Waals surface area contributed by atoms with Crippen LogP contribution in [0.1, 0.15) is 30.4 Å². The summed E-state index contributed by atoms with van der Waals surface area (Å²) in [5, 5.41) is 13.0. The van der Waals surface area contributed by atoms with Crippen LogP contribution in [0, 0.1) is 5.92 Å². The maximum absolute atomic E-state index is 13.2. The van der Waals surface area contributed by atoms with Crippen LogP contribution in [0.5, 0.6) is 17.4 Å². The first kappa shape index (κ1) is 25.8. The molecule has 5 rings (SSSR count). The van der Waals surface area contributed by atoms with E-state index >= 15 is 0 Å². The number of pyridine rings is 1. The molecule has 0 unspecified atom stereocenters. The first-order valence-electron chi connectivity index (χ1n) is 13.1. The first-order chi connectivity index (χ1) is 18.5. The summed E-state index contributed by atoms with van der Waals surface area (Å²) >= 11 is 0. The highest BCUT2D eigenvalue weighted by atomic mass is 16.6. The standard InChI is InChI=1S/C29H33N3O6/c1-36-26-8-5-22-20(4-9-27(33)34)3-6-23(28(22)31-26)30-29(35)21-11-14-32(15-12-21)13-10-19-2-7-24-25(18-19)38-17-16-37-24/h2-3,5-8,18,21H,4,9-17H2,1H3,(H,30,35)(H,33,34). The number of carbonyl (C=O) groups is 2. The molecule has 2 aromatic carbocycles. The lowest BCUT2D eigenvalue weighted by Gasteiger charge is -2.31. The number of hydrogen-bond donors (Lipinski definition) is 2. The minimum absolute atomic E-state index is 0.0132. The third-order valence-corrected chi connectivity index (χ3v) is 7.28. The summed E-state index contributed by atoms with van der Waals surface area (Å²) in [6.45, 7) is 3.83. The van der Waals surface area contributed by atoms with Gasteiger partial charge in [0.25, 0.3) is 0 Å². The predicted octanol–water partition coefficient (Wildman–Crippen LogP) is 3.93. The molecule has 0 radical (unpaired) electrons. The van der Waals surface area contributed by atoms with E-state index in [1.165, 1.54) is 5.56 Å². The zero-order valence-electron chi connectivity index (χ0n) is 21.6. The van der Waals surface area contributed by atoms with Gasteiger partial charge in [-0.25, -0.2) is 4.98 Å². The fourth-order valence-corrected chi connectivity index (χ4v) is 5.12. The van der Waals surface area contributed by atoms with Crippen LogP contribution >= 0.6 is 0 Å². The molecule has 3 heterocycles. The SMILES string of the molecule is COc1ccc2c(CCC(=O)O)ccc(NC(=O)C3CCN(CCc4ccc5c(c4)OCCO5)CC3)c2n1. The second-order valence-electron chi connectivity index (χ2n) is 9.75. The number of hydrogen-bond acceptors (Lipinski definition) is 7. The van der Waals surface area contributed by atoms with Crippen molar-refractivity contribution >= 4 is 28.5 Å².